The monoisotopic (exact) mass is 436 g/mol. The van der Waals surface area contributed by atoms with E-state index in [4.69, 9.17) is 9.47 Å². The summed E-state index contributed by atoms with van der Waals surface area (Å²) in [5, 5.41) is 0. The first-order chi connectivity index (χ1) is 14.6. The van der Waals surface area contributed by atoms with Crippen molar-refractivity contribution in [2.45, 2.75) is 38.5 Å². The van der Waals surface area contributed by atoms with E-state index < -0.39 is 29.5 Å². The molecule has 1 fully saturated rings. The highest BCUT2D eigenvalue weighted by Crippen LogP contribution is 2.47. The summed E-state index contributed by atoms with van der Waals surface area (Å²) in [5.41, 5.74) is 4.91. The van der Waals surface area contributed by atoms with Gasteiger partial charge in [0.1, 0.15) is 0 Å². The molecule has 6 nitrogen and oxygen atoms in total. The quantitative estimate of drug-likeness (QED) is 0.670. The summed E-state index contributed by atoms with van der Waals surface area (Å²) in [6.07, 6.45) is -3.96. The Kier molecular flexibility index (Phi) is 6.42. The zero-order chi connectivity index (χ0) is 22.8. The van der Waals surface area contributed by atoms with Gasteiger partial charge in [0.05, 0.1) is 18.8 Å². The second-order valence-electron chi connectivity index (χ2n) is 7.54. The standard InChI is InChI=1S/C22H23F3N2O4/c1-12(2)31-18-9-6-14(10-19(18)30-3)20(28)26-27-21(29)17-11-16(17)13-4-7-15(8-5-13)22(23,24)25/h4-10,12,16-17H,11H2,1-3H3,(H,26,28)(H,27,29). The summed E-state index contributed by atoms with van der Waals surface area (Å²) in [5.74, 6) is -0.632. The molecule has 0 saturated heterocycles. The van der Waals surface area contributed by atoms with Gasteiger partial charge >= 0.3 is 6.18 Å². The molecule has 0 aromatic heterocycles. The first-order valence-corrected chi connectivity index (χ1v) is 9.72. The molecule has 9 heteroatoms. The Balaban J connectivity index is 1.55. The van der Waals surface area contributed by atoms with Crippen molar-refractivity contribution in [1.82, 2.24) is 10.9 Å². The molecule has 166 valence electrons. The number of methoxy groups -OCH3 is 1. The predicted octanol–water partition coefficient (Wildman–Crippen LogP) is 4.07. The number of nitrogens with one attached hydrogen (secondary N) is 2. The Morgan fingerprint density at radius 1 is 1.03 bits per heavy atom. The first-order valence-electron chi connectivity index (χ1n) is 9.72. The second-order valence-corrected chi connectivity index (χ2v) is 7.54. The molecule has 2 aromatic rings. The first kappa shape index (κ1) is 22.5. The highest BCUT2D eigenvalue weighted by Gasteiger charge is 2.44. The number of hydrogen-bond acceptors (Lipinski definition) is 4. The van der Waals surface area contributed by atoms with E-state index in [0.717, 1.165) is 12.1 Å². The molecule has 31 heavy (non-hydrogen) atoms. The molecule has 0 radical (unpaired) electrons. The molecule has 0 bridgehead atoms. The fourth-order valence-corrected chi connectivity index (χ4v) is 3.22. The van der Waals surface area contributed by atoms with Crippen LogP contribution >= 0.6 is 0 Å². The van der Waals surface area contributed by atoms with Gasteiger partial charge in [-0.25, -0.2) is 0 Å². The molecule has 2 N–H and O–H groups in total. The van der Waals surface area contributed by atoms with Crippen LogP contribution in [0.25, 0.3) is 0 Å². The number of hydrogen-bond donors (Lipinski definition) is 2. The lowest BCUT2D eigenvalue weighted by Crippen LogP contribution is -2.42. The van der Waals surface area contributed by atoms with E-state index in [9.17, 15) is 22.8 Å². The largest absolute Gasteiger partial charge is 0.493 e. The van der Waals surface area contributed by atoms with Gasteiger partial charge in [-0.3, -0.25) is 20.4 Å². The molecule has 2 amide bonds. The normalized spacial score (nSPS) is 17.8. The van der Waals surface area contributed by atoms with Crippen molar-refractivity contribution in [1.29, 1.82) is 0 Å². The molecule has 1 aliphatic carbocycles. The maximum atomic E-state index is 12.7. The van der Waals surface area contributed by atoms with Crippen molar-refractivity contribution >= 4 is 11.8 Å². The third-order valence-electron chi connectivity index (χ3n) is 4.88. The van der Waals surface area contributed by atoms with E-state index in [-0.39, 0.29) is 17.6 Å². The van der Waals surface area contributed by atoms with Crippen LogP contribution in [0.15, 0.2) is 42.5 Å². The van der Waals surface area contributed by atoms with Crippen LogP contribution in [-0.2, 0) is 11.0 Å². The van der Waals surface area contributed by atoms with Crippen LogP contribution in [0.1, 0.15) is 47.7 Å². The van der Waals surface area contributed by atoms with E-state index in [2.05, 4.69) is 10.9 Å². The van der Waals surface area contributed by atoms with Gasteiger partial charge in [-0.15, -0.1) is 0 Å². The van der Waals surface area contributed by atoms with Crippen molar-refractivity contribution < 1.29 is 32.2 Å². The fraction of sp³-hybridized carbons (Fsp3) is 0.364. The number of carbonyl (C=O) groups excluding carboxylic acids is 2. The van der Waals surface area contributed by atoms with Crippen LogP contribution in [0.5, 0.6) is 11.5 Å². The van der Waals surface area contributed by atoms with Gasteiger partial charge in [0.25, 0.3) is 5.91 Å². The Morgan fingerprint density at radius 3 is 2.29 bits per heavy atom. The average Bonchev–Trinajstić information content (AvgIpc) is 3.52. The van der Waals surface area contributed by atoms with Gasteiger partial charge < -0.3 is 9.47 Å². The average molecular weight is 436 g/mol. The number of rotatable bonds is 6. The Bertz CT molecular complexity index is 958. The molecule has 0 heterocycles. The van der Waals surface area contributed by atoms with Crippen molar-refractivity contribution in [2.24, 2.45) is 5.92 Å². The van der Waals surface area contributed by atoms with Crippen LogP contribution in [-0.4, -0.2) is 25.0 Å². The molecule has 3 rings (SSSR count). The molecule has 1 saturated carbocycles. The summed E-state index contributed by atoms with van der Waals surface area (Å²) in [4.78, 5) is 24.6. The Labute approximate surface area is 177 Å². The maximum absolute atomic E-state index is 12.7. The van der Waals surface area contributed by atoms with E-state index in [0.29, 0.717) is 23.5 Å². The minimum absolute atomic E-state index is 0.0657. The predicted molar refractivity (Wildman–Crippen MR) is 107 cm³/mol. The summed E-state index contributed by atoms with van der Waals surface area (Å²) in [6.45, 7) is 3.73. The van der Waals surface area contributed by atoms with E-state index in [1.165, 1.54) is 25.3 Å². The zero-order valence-corrected chi connectivity index (χ0v) is 17.2. The number of alkyl halides is 3. The van der Waals surface area contributed by atoms with Crippen LogP contribution in [0.2, 0.25) is 0 Å². The molecule has 2 aromatic carbocycles. The van der Waals surface area contributed by atoms with Crippen molar-refractivity contribution in [3.63, 3.8) is 0 Å². The minimum atomic E-state index is -4.40. The van der Waals surface area contributed by atoms with Gasteiger partial charge in [0, 0.05) is 11.5 Å². The zero-order valence-electron chi connectivity index (χ0n) is 17.2. The Morgan fingerprint density at radius 2 is 1.71 bits per heavy atom. The van der Waals surface area contributed by atoms with Gasteiger partial charge in [-0.1, -0.05) is 12.1 Å². The molecular formula is C22H23F3N2O4. The van der Waals surface area contributed by atoms with E-state index in [1.54, 1.807) is 12.1 Å². The minimum Gasteiger partial charge on any atom is -0.493 e. The van der Waals surface area contributed by atoms with Gasteiger partial charge in [-0.2, -0.15) is 13.2 Å². The molecule has 2 atom stereocenters. The van der Waals surface area contributed by atoms with Gasteiger partial charge in [0.2, 0.25) is 5.91 Å². The highest BCUT2D eigenvalue weighted by atomic mass is 19.4. The number of ether oxygens (including phenoxy) is 2. The third kappa shape index (κ3) is 5.48. The number of benzene rings is 2. The highest BCUT2D eigenvalue weighted by molar-refractivity contribution is 5.96. The maximum Gasteiger partial charge on any atom is 0.416 e. The number of halogens is 3. The SMILES string of the molecule is COc1cc(C(=O)NNC(=O)C2CC2c2ccc(C(F)(F)F)cc2)ccc1OC(C)C. The summed E-state index contributed by atoms with van der Waals surface area (Å²) >= 11 is 0. The van der Waals surface area contributed by atoms with Crippen molar-refractivity contribution in [2.75, 3.05) is 7.11 Å². The number of hydrazine groups is 1. The van der Waals surface area contributed by atoms with E-state index >= 15 is 0 Å². The van der Waals surface area contributed by atoms with Gasteiger partial charge in [0.15, 0.2) is 11.5 Å². The van der Waals surface area contributed by atoms with Crippen LogP contribution in [0.4, 0.5) is 13.2 Å². The molecule has 0 spiro atoms. The lowest BCUT2D eigenvalue weighted by molar-refractivity contribution is -0.137. The summed E-state index contributed by atoms with van der Waals surface area (Å²) in [6, 6.07) is 9.43. The molecular weight excluding hydrogens is 413 g/mol. The summed E-state index contributed by atoms with van der Waals surface area (Å²) < 4.78 is 48.8. The number of amides is 2. The molecule has 0 aliphatic heterocycles. The Hall–Kier alpha value is -3.23. The van der Waals surface area contributed by atoms with Crippen LogP contribution in [0.3, 0.4) is 0 Å². The van der Waals surface area contributed by atoms with E-state index in [1.807, 2.05) is 13.8 Å². The van der Waals surface area contributed by atoms with Crippen molar-refractivity contribution in [3.05, 3.63) is 59.2 Å². The second kappa shape index (κ2) is 8.87. The summed E-state index contributed by atoms with van der Waals surface area (Å²) in [7, 11) is 1.46. The third-order valence-corrected chi connectivity index (χ3v) is 4.88. The topological polar surface area (TPSA) is 76.7 Å². The molecule has 2 unspecified atom stereocenters. The fourth-order valence-electron chi connectivity index (χ4n) is 3.22. The van der Waals surface area contributed by atoms with Gasteiger partial charge in [-0.05, 0) is 62.1 Å². The van der Waals surface area contributed by atoms with Crippen LogP contribution < -0.4 is 20.3 Å². The van der Waals surface area contributed by atoms with Crippen molar-refractivity contribution in [3.8, 4) is 11.5 Å². The number of carbonyl (C=O) groups is 2. The molecule has 1 aliphatic rings. The smallest absolute Gasteiger partial charge is 0.416 e. The lowest BCUT2D eigenvalue weighted by atomic mass is 10.1. The lowest BCUT2D eigenvalue weighted by Gasteiger charge is -2.14. The van der Waals surface area contributed by atoms with Crippen LogP contribution in [0, 0.1) is 5.92 Å².